The van der Waals surface area contributed by atoms with Crippen LogP contribution < -0.4 is 5.32 Å². The van der Waals surface area contributed by atoms with Gasteiger partial charge in [0.15, 0.2) is 5.12 Å². The predicted octanol–water partition coefficient (Wildman–Crippen LogP) is 5.22. The SMILES string of the molecule is CC(=O)SC[C@H](CC(C)C)NC(=O)OCC1c2ccccc2-c2ccccc21. The van der Waals surface area contributed by atoms with E-state index in [1.54, 1.807) is 6.92 Å². The summed E-state index contributed by atoms with van der Waals surface area (Å²) in [5.74, 6) is 1.04. The molecule has 0 spiro atoms. The maximum Gasteiger partial charge on any atom is 0.407 e. The molecule has 1 aliphatic carbocycles. The molecule has 0 aromatic heterocycles. The Hall–Kier alpha value is -2.27. The first kappa shape index (κ1) is 20.5. The molecule has 148 valence electrons. The van der Waals surface area contributed by atoms with Gasteiger partial charge in [-0.05, 0) is 34.6 Å². The number of fused-ring (bicyclic) bond motifs is 3. The summed E-state index contributed by atoms with van der Waals surface area (Å²) in [7, 11) is 0. The van der Waals surface area contributed by atoms with Gasteiger partial charge < -0.3 is 10.1 Å². The van der Waals surface area contributed by atoms with E-state index in [-0.39, 0.29) is 17.1 Å². The van der Waals surface area contributed by atoms with Crippen molar-refractivity contribution in [3.05, 3.63) is 59.7 Å². The lowest BCUT2D eigenvalue weighted by Crippen LogP contribution is -2.38. The first-order valence-electron chi connectivity index (χ1n) is 9.70. The third-order valence-electron chi connectivity index (χ3n) is 4.91. The van der Waals surface area contributed by atoms with Gasteiger partial charge in [0.1, 0.15) is 6.61 Å². The van der Waals surface area contributed by atoms with Gasteiger partial charge in [-0.2, -0.15) is 0 Å². The molecule has 0 bridgehead atoms. The molecule has 3 rings (SSSR count). The number of thioether (sulfide) groups is 1. The zero-order chi connectivity index (χ0) is 20.1. The van der Waals surface area contributed by atoms with Crippen LogP contribution in [-0.2, 0) is 9.53 Å². The Bertz CT molecular complexity index is 804. The third-order valence-corrected chi connectivity index (χ3v) is 5.88. The molecule has 1 amide bonds. The number of carbonyl (C=O) groups is 2. The van der Waals surface area contributed by atoms with Gasteiger partial charge >= 0.3 is 6.09 Å². The Balaban J connectivity index is 1.64. The van der Waals surface area contributed by atoms with Gasteiger partial charge in [-0.25, -0.2) is 4.79 Å². The molecule has 0 heterocycles. The first-order valence-corrected chi connectivity index (χ1v) is 10.7. The fourth-order valence-electron chi connectivity index (χ4n) is 3.76. The van der Waals surface area contributed by atoms with Crippen LogP contribution in [-0.4, -0.2) is 29.6 Å². The molecule has 1 aliphatic rings. The monoisotopic (exact) mass is 397 g/mol. The van der Waals surface area contributed by atoms with E-state index in [9.17, 15) is 9.59 Å². The van der Waals surface area contributed by atoms with Crippen LogP contribution in [0.4, 0.5) is 4.79 Å². The molecule has 0 saturated carbocycles. The quantitative estimate of drug-likeness (QED) is 0.696. The molecular formula is C23H27NO3S. The van der Waals surface area contributed by atoms with Crippen molar-refractivity contribution in [3.8, 4) is 11.1 Å². The summed E-state index contributed by atoms with van der Waals surface area (Å²) in [5, 5.41) is 3.00. The van der Waals surface area contributed by atoms with Crippen molar-refractivity contribution in [2.24, 2.45) is 5.92 Å². The molecular weight excluding hydrogens is 370 g/mol. The highest BCUT2D eigenvalue weighted by atomic mass is 32.2. The van der Waals surface area contributed by atoms with Crippen molar-refractivity contribution in [1.82, 2.24) is 5.32 Å². The topological polar surface area (TPSA) is 55.4 Å². The number of ether oxygens (including phenoxy) is 1. The Morgan fingerprint density at radius 2 is 1.61 bits per heavy atom. The van der Waals surface area contributed by atoms with Crippen LogP contribution in [0, 0.1) is 5.92 Å². The van der Waals surface area contributed by atoms with Gasteiger partial charge in [0.2, 0.25) is 0 Å². The maximum absolute atomic E-state index is 12.4. The van der Waals surface area contributed by atoms with E-state index >= 15 is 0 Å². The van der Waals surface area contributed by atoms with Gasteiger partial charge in [0.05, 0.1) is 0 Å². The van der Waals surface area contributed by atoms with Crippen molar-refractivity contribution < 1.29 is 14.3 Å². The molecule has 0 unspecified atom stereocenters. The molecule has 5 heteroatoms. The molecule has 0 fully saturated rings. The fraction of sp³-hybridized carbons (Fsp3) is 0.391. The minimum absolute atomic E-state index is 0.0493. The zero-order valence-electron chi connectivity index (χ0n) is 16.6. The molecule has 2 aromatic rings. The number of nitrogens with one attached hydrogen (secondary N) is 1. The molecule has 1 atom stereocenters. The van der Waals surface area contributed by atoms with E-state index in [1.165, 1.54) is 34.0 Å². The van der Waals surface area contributed by atoms with Gasteiger partial charge in [0, 0.05) is 24.6 Å². The zero-order valence-corrected chi connectivity index (χ0v) is 17.4. The summed E-state index contributed by atoms with van der Waals surface area (Å²) in [4.78, 5) is 23.7. The number of rotatable bonds is 7. The van der Waals surface area contributed by atoms with Crippen LogP contribution in [0.1, 0.15) is 44.2 Å². The summed E-state index contributed by atoms with van der Waals surface area (Å²) in [6.07, 6.45) is 0.390. The highest BCUT2D eigenvalue weighted by Gasteiger charge is 2.29. The van der Waals surface area contributed by atoms with Crippen molar-refractivity contribution in [1.29, 1.82) is 0 Å². The van der Waals surface area contributed by atoms with Crippen LogP contribution in [0.2, 0.25) is 0 Å². The average Bonchev–Trinajstić information content (AvgIpc) is 2.98. The highest BCUT2D eigenvalue weighted by molar-refractivity contribution is 8.13. The van der Waals surface area contributed by atoms with Gasteiger partial charge in [-0.1, -0.05) is 74.1 Å². The largest absolute Gasteiger partial charge is 0.449 e. The second kappa shape index (κ2) is 9.28. The summed E-state index contributed by atoms with van der Waals surface area (Å²) < 4.78 is 5.61. The number of benzene rings is 2. The first-order chi connectivity index (χ1) is 13.5. The Labute approximate surface area is 171 Å². The van der Waals surface area contributed by atoms with Crippen molar-refractivity contribution in [2.45, 2.75) is 39.2 Å². The molecule has 0 saturated heterocycles. The molecule has 4 nitrogen and oxygen atoms in total. The minimum atomic E-state index is -0.420. The third kappa shape index (κ3) is 4.96. The lowest BCUT2D eigenvalue weighted by atomic mass is 9.98. The lowest BCUT2D eigenvalue weighted by molar-refractivity contribution is -0.109. The molecule has 0 aliphatic heterocycles. The van der Waals surface area contributed by atoms with Gasteiger partial charge in [-0.3, -0.25) is 4.79 Å². The predicted molar refractivity (Wildman–Crippen MR) is 115 cm³/mol. The van der Waals surface area contributed by atoms with Crippen molar-refractivity contribution >= 4 is 23.0 Å². The second-order valence-electron chi connectivity index (χ2n) is 7.60. The number of amides is 1. The van der Waals surface area contributed by atoms with E-state index < -0.39 is 6.09 Å². The molecule has 1 N–H and O–H groups in total. The average molecular weight is 398 g/mol. The van der Waals surface area contributed by atoms with Crippen molar-refractivity contribution in [3.63, 3.8) is 0 Å². The number of alkyl carbamates (subject to hydrolysis) is 1. The highest BCUT2D eigenvalue weighted by Crippen LogP contribution is 2.44. The molecule has 0 radical (unpaired) electrons. The molecule has 2 aromatic carbocycles. The minimum Gasteiger partial charge on any atom is -0.449 e. The van der Waals surface area contributed by atoms with E-state index in [2.05, 4.69) is 43.4 Å². The number of carbonyl (C=O) groups excluding carboxylic acids is 2. The fourth-order valence-corrected chi connectivity index (χ4v) is 4.42. The van der Waals surface area contributed by atoms with Crippen LogP contribution >= 0.6 is 11.8 Å². The second-order valence-corrected chi connectivity index (χ2v) is 8.80. The van der Waals surface area contributed by atoms with E-state index in [4.69, 9.17) is 4.74 Å². The number of hydrogen-bond acceptors (Lipinski definition) is 4. The Kier molecular flexibility index (Phi) is 6.79. The summed E-state index contributed by atoms with van der Waals surface area (Å²) in [6, 6.07) is 16.5. The smallest absolute Gasteiger partial charge is 0.407 e. The van der Waals surface area contributed by atoms with Crippen LogP contribution in [0.25, 0.3) is 11.1 Å². The standard InChI is InChI=1S/C23H27NO3S/c1-15(2)12-17(14-28-16(3)25)24-23(26)27-13-22-20-10-6-4-8-18(20)19-9-5-7-11-21(19)22/h4-11,15,17,22H,12-14H2,1-3H3,(H,24,26)/t17-/m0/s1. The normalized spacial score (nSPS) is 13.7. The van der Waals surface area contributed by atoms with E-state index in [1.807, 2.05) is 24.3 Å². The van der Waals surface area contributed by atoms with Crippen molar-refractivity contribution in [2.75, 3.05) is 12.4 Å². The Morgan fingerprint density at radius 3 is 2.14 bits per heavy atom. The summed E-state index contributed by atoms with van der Waals surface area (Å²) >= 11 is 1.24. The van der Waals surface area contributed by atoms with E-state index in [0.717, 1.165) is 6.42 Å². The van der Waals surface area contributed by atoms with Crippen LogP contribution in [0.5, 0.6) is 0 Å². The summed E-state index contributed by atoms with van der Waals surface area (Å²) in [6.45, 7) is 6.05. The maximum atomic E-state index is 12.4. The number of hydrogen-bond donors (Lipinski definition) is 1. The Morgan fingerprint density at radius 1 is 1.04 bits per heavy atom. The van der Waals surface area contributed by atoms with Crippen LogP contribution in [0.15, 0.2) is 48.5 Å². The van der Waals surface area contributed by atoms with Gasteiger partial charge in [-0.15, -0.1) is 0 Å². The lowest BCUT2D eigenvalue weighted by Gasteiger charge is -2.21. The van der Waals surface area contributed by atoms with E-state index in [0.29, 0.717) is 18.3 Å². The molecule has 28 heavy (non-hydrogen) atoms. The summed E-state index contributed by atoms with van der Waals surface area (Å²) in [5.41, 5.74) is 4.81. The van der Waals surface area contributed by atoms with Crippen LogP contribution in [0.3, 0.4) is 0 Å². The van der Waals surface area contributed by atoms with Gasteiger partial charge in [0.25, 0.3) is 0 Å².